The fourth-order valence-electron chi connectivity index (χ4n) is 1.62. The van der Waals surface area contributed by atoms with E-state index in [0.717, 1.165) is 0 Å². The number of nitrogens with one attached hydrogen (secondary N) is 1. The van der Waals surface area contributed by atoms with Gasteiger partial charge in [0, 0.05) is 5.02 Å². The van der Waals surface area contributed by atoms with E-state index in [4.69, 9.17) is 21.4 Å². The molecule has 2 atom stereocenters. The van der Waals surface area contributed by atoms with Crippen molar-refractivity contribution >= 4 is 23.7 Å². The first-order valence-electron chi connectivity index (χ1n) is 6.26. The fourth-order valence-corrected chi connectivity index (χ4v) is 1.82. The van der Waals surface area contributed by atoms with Gasteiger partial charge in [-0.25, -0.2) is 9.59 Å². The summed E-state index contributed by atoms with van der Waals surface area (Å²) in [6, 6.07) is 5.05. The quantitative estimate of drug-likeness (QED) is 0.792. The van der Waals surface area contributed by atoms with Crippen LogP contribution in [0, 0.1) is 0 Å². The molecule has 0 spiro atoms. The lowest BCUT2D eigenvalue weighted by molar-refractivity contribution is -0.148. The van der Waals surface area contributed by atoms with E-state index in [2.05, 4.69) is 5.32 Å². The van der Waals surface area contributed by atoms with Crippen LogP contribution in [-0.2, 0) is 9.53 Å². The number of aliphatic hydroxyl groups is 1. The number of aliphatic carboxylic acids is 1. The predicted octanol–water partition coefficient (Wildman–Crippen LogP) is 2.35. The van der Waals surface area contributed by atoms with Crippen LogP contribution in [0.2, 0.25) is 5.02 Å². The molecule has 21 heavy (non-hydrogen) atoms. The Hall–Kier alpha value is -1.79. The highest BCUT2D eigenvalue weighted by molar-refractivity contribution is 6.30. The third-order valence-electron chi connectivity index (χ3n) is 2.45. The first-order chi connectivity index (χ1) is 9.60. The highest BCUT2D eigenvalue weighted by Crippen LogP contribution is 2.22. The predicted molar refractivity (Wildman–Crippen MR) is 77.2 cm³/mol. The van der Waals surface area contributed by atoms with Crippen LogP contribution in [0.4, 0.5) is 4.79 Å². The van der Waals surface area contributed by atoms with Crippen LogP contribution in [0.3, 0.4) is 0 Å². The Morgan fingerprint density at radius 2 is 1.95 bits per heavy atom. The fraction of sp³-hybridized carbons (Fsp3) is 0.429. The van der Waals surface area contributed by atoms with Gasteiger partial charge in [0.1, 0.15) is 5.60 Å². The maximum Gasteiger partial charge on any atom is 0.408 e. The minimum absolute atomic E-state index is 0.362. The van der Waals surface area contributed by atoms with Gasteiger partial charge in [-0.1, -0.05) is 23.7 Å². The molecule has 1 amide bonds. The second-order valence-electron chi connectivity index (χ2n) is 5.46. The van der Waals surface area contributed by atoms with Crippen LogP contribution >= 0.6 is 11.6 Å². The van der Waals surface area contributed by atoms with E-state index in [-0.39, 0.29) is 0 Å². The number of amides is 1. The van der Waals surface area contributed by atoms with Gasteiger partial charge in [-0.3, -0.25) is 0 Å². The molecule has 0 bridgehead atoms. The maximum atomic E-state index is 11.8. The minimum atomic E-state index is -1.82. The molecule has 3 N–H and O–H groups in total. The number of aliphatic hydroxyl groups excluding tert-OH is 1. The van der Waals surface area contributed by atoms with Gasteiger partial charge in [-0.15, -0.1) is 0 Å². The first kappa shape index (κ1) is 17.3. The molecule has 0 fully saturated rings. The maximum absolute atomic E-state index is 11.8. The molecule has 0 saturated heterocycles. The standard InChI is InChI=1S/C14H18ClNO5/c1-14(2,3)21-13(20)16-10(11(17)12(18)19)8-5-4-6-9(15)7-8/h4-7,10-11,17H,1-3H3,(H,16,20)(H,18,19)/t10-,11-/m0/s1. The van der Waals surface area contributed by atoms with Gasteiger partial charge in [0.05, 0.1) is 6.04 Å². The Labute approximate surface area is 127 Å². The van der Waals surface area contributed by atoms with Crippen molar-refractivity contribution in [2.24, 2.45) is 0 Å². The molecule has 0 heterocycles. The summed E-state index contributed by atoms with van der Waals surface area (Å²) in [4.78, 5) is 22.8. The van der Waals surface area contributed by atoms with Gasteiger partial charge < -0.3 is 20.3 Å². The van der Waals surface area contributed by atoms with E-state index < -0.39 is 29.8 Å². The van der Waals surface area contributed by atoms with E-state index in [1.165, 1.54) is 6.07 Å². The zero-order chi connectivity index (χ0) is 16.2. The van der Waals surface area contributed by atoms with Crippen molar-refractivity contribution in [3.63, 3.8) is 0 Å². The number of carboxylic acids is 1. The Bertz CT molecular complexity index is 526. The molecule has 0 aromatic heterocycles. The number of carbonyl (C=O) groups is 2. The molecule has 1 aromatic carbocycles. The monoisotopic (exact) mass is 315 g/mol. The number of ether oxygens (including phenoxy) is 1. The molecule has 0 aliphatic rings. The number of alkyl carbamates (subject to hydrolysis) is 1. The van der Waals surface area contributed by atoms with Crippen LogP contribution in [0.25, 0.3) is 0 Å². The average Bonchev–Trinajstić information content (AvgIpc) is 2.32. The lowest BCUT2D eigenvalue weighted by atomic mass is 10.0. The second-order valence-corrected chi connectivity index (χ2v) is 5.90. The Morgan fingerprint density at radius 3 is 2.43 bits per heavy atom. The number of rotatable bonds is 4. The number of halogens is 1. The molecular formula is C14H18ClNO5. The zero-order valence-corrected chi connectivity index (χ0v) is 12.7. The van der Waals surface area contributed by atoms with Gasteiger partial charge in [-0.05, 0) is 38.5 Å². The van der Waals surface area contributed by atoms with Crippen molar-refractivity contribution in [2.75, 3.05) is 0 Å². The van der Waals surface area contributed by atoms with E-state index in [1.807, 2.05) is 0 Å². The number of benzene rings is 1. The number of hydrogen-bond donors (Lipinski definition) is 3. The van der Waals surface area contributed by atoms with Crippen LogP contribution in [-0.4, -0.2) is 34.0 Å². The van der Waals surface area contributed by atoms with Crippen LogP contribution < -0.4 is 5.32 Å². The average molecular weight is 316 g/mol. The molecule has 0 unspecified atom stereocenters. The molecule has 0 aliphatic carbocycles. The first-order valence-corrected chi connectivity index (χ1v) is 6.64. The van der Waals surface area contributed by atoms with Crippen molar-refractivity contribution < 1.29 is 24.5 Å². The molecule has 0 aliphatic heterocycles. The van der Waals surface area contributed by atoms with E-state index >= 15 is 0 Å². The van der Waals surface area contributed by atoms with Crippen molar-refractivity contribution in [3.05, 3.63) is 34.9 Å². The normalized spacial score (nSPS) is 14.1. The van der Waals surface area contributed by atoms with Gasteiger partial charge in [0.15, 0.2) is 6.10 Å². The van der Waals surface area contributed by atoms with Gasteiger partial charge in [0.25, 0.3) is 0 Å². The highest BCUT2D eigenvalue weighted by atomic mass is 35.5. The van der Waals surface area contributed by atoms with E-state index in [0.29, 0.717) is 10.6 Å². The summed E-state index contributed by atoms with van der Waals surface area (Å²) in [6.07, 6.45) is -2.65. The smallest absolute Gasteiger partial charge is 0.408 e. The molecular weight excluding hydrogens is 298 g/mol. The molecule has 1 aromatic rings. The summed E-state index contributed by atoms with van der Waals surface area (Å²) < 4.78 is 5.06. The summed E-state index contributed by atoms with van der Waals surface area (Å²) >= 11 is 5.84. The third kappa shape index (κ3) is 5.61. The highest BCUT2D eigenvalue weighted by Gasteiger charge is 2.30. The van der Waals surface area contributed by atoms with Crippen LogP contribution in [0.15, 0.2) is 24.3 Å². The number of carbonyl (C=O) groups excluding carboxylic acids is 1. The number of hydrogen-bond acceptors (Lipinski definition) is 4. The summed E-state index contributed by atoms with van der Waals surface area (Å²) in [5, 5.41) is 21.4. The van der Waals surface area contributed by atoms with Crippen LogP contribution in [0.5, 0.6) is 0 Å². The molecule has 0 radical (unpaired) electrons. The zero-order valence-electron chi connectivity index (χ0n) is 12.0. The van der Waals surface area contributed by atoms with Crippen molar-refractivity contribution in [2.45, 2.75) is 38.5 Å². The molecule has 6 nitrogen and oxygen atoms in total. The van der Waals surface area contributed by atoms with Gasteiger partial charge >= 0.3 is 12.1 Å². The molecule has 7 heteroatoms. The summed E-state index contributed by atoms with van der Waals surface area (Å²) in [5.74, 6) is -1.46. The molecule has 116 valence electrons. The largest absolute Gasteiger partial charge is 0.479 e. The lowest BCUT2D eigenvalue weighted by Gasteiger charge is -2.25. The third-order valence-corrected chi connectivity index (χ3v) is 2.68. The van der Waals surface area contributed by atoms with Gasteiger partial charge in [0.2, 0.25) is 0 Å². The van der Waals surface area contributed by atoms with Crippen molar-refractivity contribution in [1.29, 1.82) is 0 Å². The Balaban J connectivity index is 2.99. The summed E-state index contributed by atoms with van der Waals surface area (Å²) in [5.41, 5.74) is -0.375. The molecule has 1 rings (SSSR count). The summed E-state index contributed by atoms with van der Waals surface area (Å²) in [6.45, 7) is 5.03. The van der Waals surface area contributed by atoms with Crippen molar-refractivity contribution in [1.82, 2.24) is 5.32 Å². The second kappa shape index (κ2) is 6.78. The van der Waals surface area contributed by atoms with E-state index in [9.17, 15) is 14.7 Å². The SMILES string of the molecule is CC(C)(C)OC(=O)N[C@@H](c1cccc(Cl)c1)[C@H](O)C(=O)O. The van der Waals surface area contributed by atoms with Gasteiger partial charge in [-0.2, -0.15) is 0 Å². The lowest BCUT2D eigenvalue weighted by Crippen LogP contribution is -2.42. The Kier molecular flexibility index (Phi) is 5.57. The van der Waals surface area contributed by atoms with Crippen LogP contribution in [0.1, 0.15) is 32.4 Å². The topological polar surface area (TPSA) is 95.9 Å². The van der Waals surface area contributed by atoms with Crippen molar-refractivity contribution in [3.8, 4) is 0 Å². The van der Waals surface area contributed by atoms with E-state index in [1.54, 1.807) is 39.0 Å². The summed E-state index contributed by atoms with van der Waals surface area (Å²) in [7, 11) is 0. The molecule has 0 saturated carbocycles. The minimum Gasteiger partial charge on any atom is -0.479 e. The Morgan fingerprint density at radius 1 is 1.33 bits per heavy atom. The number of carboxylic acid groups (broad SMARTS) is 1.